The van der Waals surface area contributed by atoms with Gasteiger partial charge in [-0.05, 0) is 12.8 Å². The number of aliphatic hydroxyl groups is 1. The van der Waals surface area contributed by atoms with Crippen LogP contribution in [-0.4, -0.2) is 31.4 Å². The van der Waals surface area contributed by atoms with Crippen LogP contribution in [0.4, 0.5) is 8.78 Å². The van der Waals surface area contributed by atoms with Gasteiger partial charge in [0.1, 0.15) is 0 Å². The van der Waals surface area contributed by atoms with Gasteiger partial charge in [0.25, 0.3) is 10.0 Å². The second kappa shape index (κ2) is 4.71. The number of sulfonamides is 1. The molecule has 0 aromatic heterocycles. The highest BCUT2D eigenvalue weighted by Gasteiger charge is 2.38. The van der Waals surface area contributed by atoms with Crippen molar-refractivity contribution in [3.05, 3.63) is 0 Å². The Bertz CT molecular complexity index is 299. The second-order valence-electron chi connectivity index (χ2n) is 3.91. The fraction of sp³-hybridized carbons (Fsp3) is 1.00. The summed E-state index contributed by atoms with van der Waals surface area (Å²) < 4.78 is 48.2. The summed E-state index contributed by atoms with van der Waals surface area (Å²) >= 11 is 0. The summed E-state index contributed by atoms with van der Waals surface area (Å²) in [4.78, 5) is 0. The van der Waals surface area contributed by atoms with Gasteiger partial charge in [-0.25, -0.2) is 13.1 Å². The Balaban J connectivity index is 2.76. The topological polar surface area (TPSA) is 66.4 Å². The average Bonchev–Trinajstić information content (AvgIpc) is 2.18. The lowest BCUT2D eigenvalue weighted by Gasteiger charge is -2.35. The molecule has 0 aliphatic heterocycles. The summed E-state index contributed by atoms with van der Waals surface area (Å²) in [7, 11) is -4.61. The lowest BCUT2D eigenvalue weighted by atomic mass is 9.83. The molecule has 0 atom stereocenters. The first-order valence-corrected chi connectivity index (χ1v) is 6.38. The zero-order valence-electron chi connectivity index (χ0n) is 8.25. The number of alkyl halides is 2. The van der Waals surface area contributed by atoms with Gasteiger partial charge in [0, 0.05) is 0 Å². The van der Waals surface area contributed by atoms with Gasteiger partial charge in [-0.15, -0.1) is 0 Å². The number of rotatable bonds is 4. The fourth-order valence-corrected chi connectivity index (χ4v) is 2.83. The SMILES string of the molecule is O=S(=O)(NC1(CO)CCCCC1)C(F)F. The Morgan fingerprint density at radius 1 is 1.27 bits per heavy atom. The largest absolute Gasteiger partial charge is 0.394 e. The summed E-state index contributed by atoms with van der Waals surface area (Å²) in [6, 6.07) is 0. The molecule has 90 valence electrons. The minimum atomic E-state index is -4.61. The molecule has 1 rings (SSSR count). The van der Waals surface area contributed by atoms with Crippen LogP contribution in [0.3, 0.4) is 0 Å². The van der Waals surface area contributed by atoms with Crippen LogP contribution in [0, 0.1) is 0 Å². The molecular weight excluding hydrogens is 228 g/mol. The van der Waals surface area contributed by atoms with Crippen LogP contribution in [0.1, 0.15) is 32.1 Å². The Morgan fingerprint density at radius 3 is 2.20 bits per heavy atom. The molecule has 0 heterocycles. The van der Waals surface area contributed by atoms with E-state index in [9.17, 15) is 17.2 Å². The van der Waals surface area contributed by atoms with Crippen LogP contribution < -0.4 is 4.72 Å². The van der Waals surface area contributed by atoms with Crippen molar-refractivity contribution in [3.63, 3.8) is 0 Å². The molecule has 0 amide bonds. The normalized spacial score (nSPS) is 21.9. The molecule has 7 heteroatoms. The average molecular weight is 243 g/mol. The van der Waals surface area contributed by atoms with Gasteiger partial charge >= 0.3 is 5.76 Å². The Labute approximate surface area is 87.7 Å². The highest BCUT2D eigenvalue weighted by molar-refractivity contribution is 7.89. The molecule has 0 unspecified atom stereocenters. The first kappa shape index (κ1) is 12.8. The number of hydrogen-bond donors (Lipinski definition) is 2. The van der Waals surface area contributed by atoms with Crippen molar-refractivity contribution in [2.45, 2.75) is 43.4 Å². The van der Waals surface area contributed by atoms with Gasteiger partial charge < -0.3 is 5.11 Å². The van der Waals surface area contributed by atoms with E-state index in [2.05, 4.69) is 0 Å². The zero-order chi connectivity index (χ0) is 11.5. The lowest BCUT2D eigenvalue weighted by Crippen LogP contribution is -2.53. The summed E-state index contributed by atoms with van der Waals surface area (Å²) in [6.45, 7) is -0.432. The highest BCUT2D eigenvalue weighted by Crippen LogP contribution is 2.29. The van der Waals surface area contributed by atoms with Crippen LogP contribution in [-0.2, 0) is 10.0 Å². The third-order valence-corrected chi connectivity index (χ3v) is 3.89. The van der Waals surface area contributed by atoms with Crippen LogP contribution in [0.5, 0.6) is 0 Å². The van der Waals surface area contributed by atoms with Gasteiger partial charge in [-0.2, -0.15) is 8.78 Å². The monoisotopic (exact) mass is 243 g/mol. The van der Waals surface area contributed by atoms with Crippen molar-refractivity contribution >= 4 is 10.0 Å². The predicted octanol–water partition coefficient (Wildman–Crippen LogP) is 0.824. The molecule has 1 aliphatic rings. The van der Waals surface area contributed by atoms with Crippen molar-refractivity contribution in [1.29, 1.82) is 0 Å². The van der Waals surface area contributed by atoms with Crippen molar-refractivity contribution < 1.29 is 22.3 Å². The second-order valence-corrected chi connectivity index (χ2v) is 5.56. The first-order valence-electron chi connectivity index (χ1n) is 4.84. The maximum absolute atomic E-state index is 12.1. The fourth-order valence-electron chi connectivity index (χ4n) is 1.87. The van der Waals surface area contributed by atoms with E-state index in [-0.39, 0.29) is 0 Å². The lowest BCUT2D eigenvalue weighted by molar-refractivity contribution is 0.137. The van der Waals surface area contributed by atoms with Crippen molar-refractivity contribution in [2.24, 2.45) is 0 Å². The van der Waals surface area contributed by atoms with Crippen LogP contribution in [0.15, 0.2) is 0 Å². The highest BCUT2D eigenvalue weighted by atomic mass is 32.2. The molecule has 15 heavy (non-hydrogen) atoms. The van der Waals surface area contributed by atoms with E-state index >= 15 is 0 Å². The predicted molar refractivity (Wildman–Crippen MR) is 51.0 cm³/mol. The first-order chi connectivity index (χ1) is 6.92. The third-order valence-electron chi connectivity index (χ3n) is 2.71. The van der Waals surface area contributed by atoms with E-state index in [1.807, 2.05) is 4.72 Å². The van der Waals surface area contributed by atoms with Crippen LogP contribution >= 0.6 is 0 Å². The van der Waals surface area contributed by atoms with Crippen molar-refractivity contribution in [2.75, 3.05) is 6.61 Å². The number of nitrogens with one attached hydrogen (secondary N) is 1. The number of aliphatic hydroxyl groups excluding tert-OH is 1. The smallest absolute Gasteiger partial charge is 0.350 e. The van der Waals surface area contributed by atoms with Gasteiger partial charge in [0.15, 0.2) is 0 Å². The molecule has 0 aromatic rings. The van der Waals surface area contributed by atoms with Crippen molar-refractivity contribution in [3.8, 4) is 0 Å². The van der Waals surface area contributed by atoms with E-state index in [1.54, 1.807) is 0 Å². The summed E-state index contributed by atoms with van der Waals surface area (Å²) in [6.07, 6.45) is 3.25. The third kappa shape index (κ3) is 3.09. The summed E-state index contributed by atoms with van der Waals surface area (Å²) in [5.41, 5.74) is -1.08. The van der Waals surface area contributed by atoms with Gasteiger partial charge in [-0.3, -0.25) is 0 Å². The molecule has 0 radical (unpaired) electrons. The Kier molecular flexibility index (Phi) is 4.02. The minimum absolute atomic E-state index is 0.412. The molecule has 0 spiro atoms. The zero-order valence-corrected chi connectivity index (χ0v) is 9.06. The molecule has 2 N–H and O–H groups in total. The molecule has 0 aromatic carbocycles. The standard InChI is InChI=1S/C8H15F2NO3S/c9-7(10)15(13,14)11-8(6-12)4-2-1-3-5-8/h7,11-12H,1-6H2. The minimum Gasteiger partial charge on any atom is -0.394 e. The molecule has 1 saturated carbocycles. The van der Waals surface area contributed by atoms with E-state index in [4.69, 9.17) is 5.11 Å². The van der Waals surface area contributed by atoms with Gasteiger partial charge in [0.05, 0.1) is 12.1 Å². The van der Waals surface area contributed by atoms with Crippen LogP contribution in [0.25, 0.3) is 0 Å². The van der Waals surface area contributed by atoms with Crippen molar-refractivity contribution in [1.82, 2.24) is 4.72 Å². The van der Waals surface area contributed by atoms with Crippen LogP contribution in [0.2, 0.25) is 0 Å². The summed E-state index contributed by atoms with van der Waals surface area (Å²) in [5, 5.41) is 9.11. The van der Waals surface area contributed by atoms with E-state index in [0.717, 1.165) is 19.3 Å². The molecule has 1 aliphatic carbocycles. The van der Waals surface area contributed by atoms with Gasteiger partial charge in [-0.1, -0.05) is 19.3 Å². The quantitative estimate of drug-likeness (QED) is 0.768. The molecule has 0 saturated heterocycles. The maximum atomic E-state index is 12.1. The Morgan fingerprint density at radius 2 is 1.80 bits per heavy atom. The molecular formula is C8H15F2NO3S. The van der Waals surface area contributed by atoms with E-state index in [1.165, 1.54) is 0 Å². The van der Waals surface area contributed by atoms with E-state index in [0.29, 0.717) is 12.8 Å². The maximum Gasteiger partial charge on any atom is 0.350 e. The molecule has 1 fully saturated rings. The Hall–Kier alpha value is -0.270. The number of hydrogen-bond acceptors (Lipinski definition) is 3. The number of halogens is 2. The molecule has 0 bridgehead atoms. The van der Waals surface area contributed by atoms with Gasteiger partial charge in [0.2, 0.25) is 0 Å². The molecule has 4 nitrogen and oxygen atoms in total. The summed E-state index contributed by atoms with van der Waals surface area (Å²) in [5.74, 6) is -3.44. The van der Waals surface area contributed by atoms with E-state index < -0.39 is 27.9 Å².